The maximum atomic E-state index is 12.6. The van der Waals surface area contributed by atoms with Crippen LogP contribution in [0.5, 0.6) is 0 Å². The minimum absolute atomic E-state index is 0.0282. The summed E-state index contributed by atoms with van der Waals surface area (Å²) >= 11 is 0. The van der Waals surface area contributed by atoms with Crippen molar-refractivity contribution in [2.75, 3.05) is 19.6 Å². The Hall–Kier alpha value is -0.900. The van der Waals surface area contributed by atoms with E-state index in [0.717, 1.165) is 38.8 Å². The number of rotatable bonds is 4. The van der Waals surface area contributed by atoms with Gasteiger partial charge in [0.15, 0.2) is 0 Å². The number of carbonyl (C=O) groups is 2. The van der Waals surface area contributed by atoms with Gasteiger partial charge in [-0.15, -0.1) is 0 Å². The number of amides is 2. The molecule has 2 aliphatic rings. The van der Waals surface area contributed by atoms with Crippen LogP contribution in [0.25, 0.3) is 0 Å². The van der Waals surface area contributed by atoms with Gasteiger partial charge in [-0.2, -0.15) is 0 Å². The van der Waals surface area contributed by atoms with Crippen LogP contribution in [-0.4, -0.2) is 36.3 Å². The van der Waals surface area contributed by atoms with Crippen LogP contribution >= 0.6 is 0 Å². The number of hydrogen-bond donors (Lipinski definition) is 1. The van der Waals surface area contributed by atoms with Gasteiger partial charge in [0.2, 0.25) is 11.8 Å². The number of piperidine rings is 1. The Bertz CT molecular complexity index is 368. The first kappa shape index (κ1) is 14.5. The normalized spacial score (nSPS) is 31.0. The van der Waals surface area contributed by atoms with Crippen molar-refractivity contribution in [3.63, 3.8) is 0 Å². The standard InChI is InChI=1S/C15H26N2O2/c1-4-15(5-2)9-12(18)17(13(15)19)11-14(3)7-6-8-16-10-14/h16H,4-11H2,1-3H3. The van der Waals surface area contributed by atoms with Gasteiger partial charge in [0.05, 0.1) is 5.41 Å². The molecule has 2 rings (SSSR count). The first-order valence-electron chi connectivity index (χ1n) is 7.52. The number of imide groups is 1. The SMILES string of the molecule is CCC1(CC)CC(=O)N(CC2(C)CCCNC2)C1=O. The molecule has 1 unspecified atom stereocenters. The monoisotopic (exact) mass is 266 g/mol. The van der Waals surface area contributed by atoms with Crippen LogP contribution < -0.4 is 5.32 Å². The number of likely N-dealkylation sites (tertiary alicyclic amines) is 1. The van der Waals surface area contributed by atoms with Gasteiger partial charge in [0.25, 0.3) is 0 Å². The molecule has 4 nitrogen and oxygen atoms in total. The van der Waals surface area contributed by atoms with E-state index < -0.39 is 5.41 Å². The molecule has 0 aliphatic carbocycles. The van der Waals surface area contributed by atoms with Gasteiger partial charge in [-0.1, -0.05) is 20.8 Å². The maximum absolute atomic E-state index is 12.6. The summed E-state index contributed by atoms with van der Waals surface area (Å²) in [5, 5.41) is 3.38. The lowest BCUT2D eigenvalue weighted by Gasteiger charge is -2.37. The molecule has 0 spiro atoms. The van der Waals surface area contributed by atoms with Crippen molar-refractivity contribution in [3.8, 4) is 0 Å². The number of carbonyl (C=O) groups excluding carboxylic acids is 2. The molecule has 1 atom stereocenters. The van der Waals surface area contributed by atoms with E-state index in [9.17, 15) is 9.59 Å². The summed E-state index contributed by atoms with van der Waals surface area (Å²) in [6.07, 6.45) is 4.14. The van der Waals surface area contributed by atoms with Crippen LogP contribution in [0.2, 0.25) is 0 Å². The van der Waals surface area contributed by atoms with Gasteiger partial charge < -0.3 is 5.32 Å². The Morgan fingerprint density at radius 1 is 1.26 bits per heavy atom. The molecule has 0 bridgehead atoms. The Labute approximate surface area is 115 Å². The van der Waals surface area contributed by atoms with E-state index in [1.807, 2.05) is 13.8 Å². The van der Waals surface area contributed by atoms with E-state index in [1.165, 1.54) is 0 Å². The van der Waals surface area contributed by atoms with Crippen molar-refractivity contribution in [2.24, 2.45) is 10.8 Å². The highest BCUT2D eigenvalue weighted by molar-refractivity contribution is 6.05. The zero-order valence-corrected chi connectivity index (χ0v) is 12.4. The van der Waals surface area contributed by atoms with Crippen LogP contribution in [0, 0.1) is 10.8 Å². The van der Waals surface area contributed by atoms with E-state index in [0.29, 0.717) is 13.0 Å². The quantitative estimate of drug-likeness (QED) is 0.791. The van der Waals surface area contributed by atoms with Crippen molar-refractivity contribution in [1.82, 2.24) is 10.2 Å². The molecule has 0 radical (unpaired) electrons. The van der Waals surface area contributed by atoms with Crippen LogP contribution in [-0.2, 0) is 9.59 Å². The van der Waals surface area contributed by atoms with E-state index in [1.54, 1.807) is 4.90 Å². The van der Waals surface area contributed by atoms with Crippen molar-refractivity contribution in [1.29, 1.82) is 0 Å². The molecule has 1 N–H and O–H groups in total. The largest absolute Gasteiger partial charge is 0.316 e. The third-order valence-corrected chi connectivity index (χ3v) is 5.07. The third-order valence-electron chi connectivity index (χ3n) is 5.07. The minimum atomic E-state index is -0.421. The zero-order valence-electron chi connectivity index (χ0n) is 12.4. The van der Waals surface area contributed by atoms with Crippen LogP contribution in [0.4, 0.5) is 0 Å². The van der Waals surface area contributed by atoms with Crippen molar-refractivity contribution in [3.05, 3.63) is 0 Å². The number of nitrogens with one attached hydrogen (secondary N) is 1. The van der Waals surface area contributed by atoms with Crippen LogP contribution in [0.1, 0.15) is 52.9 Å². The van der Waals surface area contributed by atoms with Crippen molar-refractivity contribution < 1.29 is 9.59 Å². The second-order valence-corrected chi connectivity index (χ2v) is 6.54. The van der Waals surface area contributed by atoms with E-state index in [-0.39, 0.29) is 17.2 Å². The Kier molecular flexibility index (Phi) is 4.00. The van der Waals surface area contributed by atoms with Gasteiger partial charge in [0, 0.05) is 19.5 Å². The van der Waals surface area contributed by atoms with Gasteiger partial charge in [0.1, 0.15) is 0 Å². The van der Waals surface area contributed by atoms with E-state index >= 15 is 0 Å². The predicted molar refractivity (Wildman–Crippen MR) is 74.6 cm³/mol. The summed E-state index contributed by atoms with van der Waals surface area (Å²) in [6.45, 7) is 8.74. The summed E-state index contributed by atoms with van der Waals surface area (Å²) in [5.41, 5.74) is -0.378. The molecule has 2 aliphatic heterocycles. The summed E-state index contributed by atoms with van der Waals surface area (Å²) in [7, 11) is 0. The first-order chi connectivity index (χ1) is 8.96. The third kappa shape index (κ3) is 2.55. The van der Waals surface area contributed by atoms with Gasteiger partial charge in [-0.25, -0.2) is 0 Å². The van der Waals surface area contributed by atoms with Gasteiger partial charge in [-0.05, 0) is 37.6 Å². The highest BCUT2D eigenvalue weighted by Gasteiger charge is 2.50. The first-order valence-corrected chi connectivity index (χ1v) is 7.52. The van der Waals surface area contributed by atoms with Gasteiger partial charge in [-0.3, -0.25) is 14.5 Å². The molecule has 2 heterocycles. The predicted octanol–water partition coefficient (Wildman–Crippen LogP) is 1.94. The Morgan fingerprint density at radius 3 is 2.42 bits per heavy atom. The Balaban J connectivity index is 2.12. The summed E-state index contributed by atoms with van der Waals surface area (Å²) in [4.78, 5) is 26.4. The lowest BCUT2D eigenvalue weighted by Crippen LogP contribution is -2.48. The molecule has 0 aromatic carbocycles. The lowest BCUT2D eigenvalue weighted by molar-refractivity contribution is -0.143. The average Bonchev–Trinajstić information content (AvgIpc) is 2.64. The maximum Gasteiger partial charge on any atom is 0.235 e. The molecular formula is C15H26N2O2. The lowest BCUT2D eigenvalue weighted by atomic mass is 9.80. The zero-order chi connectivity index (χ0) is 14.1. The molecule has 0 aromatic rings. The summed E-state index contributed by atoms with van der Waals surface area (Å²) in [5.74, 6) is 0.0924. The molecule has 2 amide bonds. The summed E-state index contributed by atoms with van der Waals surface area (Å²) < 4.78 is 0. The average molecular weight is 266 g/mol. The van der Waals surface area contributed by atoms with E-state index in [4.69, 9.17) is 0 Å². The fraction of sp³-hybridized carbons (Fsp3) is 0.867. The molecule has 0 aromatic heterocycles. The number of nitrogens with zero attached hydrogens (tertiary/aromatic N) is 1. The topological polar surface area (TPSA) is 49.4 Å². The molecule has 2 saturated heterocycles. The molecule has 108 valence electrons. The van der Waals surface area contributed by atoms with E-state index in [2.05, 4.69) is 12.2 Å². The minimum Gasteiger partial charge on any atom is -0.316 e. The molecule has 4 heteroatoms. The van der Waals surface area contributed by atoms with Crippen molar-refractivity contribution in [2.45, 2.75) is 52.9 Å². The fourth-order valence-electron chi connectivity index (χ4n) is 3.46. The molecule has 0 saturated carbocycles. The molecule has 19 heavy (non-hydrogen) atoms. The van der Waals surface area contributed by atoms with Crippen LogP contribution in [0.15, 0.2) is 0 Å². The number of hydrogen-bond acceptors (Lipinski definition) is 3. The molecule has 2 fully saturated rings. The molecular weight excluding hydrogens is 240 g/mol. The van der Waals surface area contributed by atoms with Gasteiger partial charge >= 0.3 is 0 Å². The highest BCUT2D eigenvalue weighted by Crippen LogP contribution is 2.41. The Morgan fingerprint density at radius 2 is 1.95 bits per heavy atom. The summed E-state index contributed by atoms with van der Waals surface area (Å²) in [6, 6.07) is 0. The fourth-order valence-corrected chi connectivity index (χ4v) is 3.46. The van der Waals surface area contributed by atoms with Crippen molar-refractivity contribution >= 4 is 11.8 Å². The second kappa shape index (κ2) is 5.23. The van der Waals surface area contributed by atoms with Crippen LogP contribution in [0.3, 0.4) is 0 Å². The smallest absolute Gasteiger partial charge is 0.235 e. The highest BCUT2D eigenvalue weighted by atomic mass is 16.2. The second-order valence-electron chi connectivity index (χ2n) is 6.54.